The van der Waals surface area contributed by atoms with E-state index in [4.69, 9.17) is 23.4 Å². The summed E-state index contributed by atoms with van der Waals surface area (Å²) in [6, 6.07) is 0. The lowest BCUT2D eigenvalue weighted by Crippen LogP contribution is -2.52. The highest BCUT2D eigenvalue weighted by Gasteiger charge is 2.51. The molecule has 7 heteroatoms. The standard InChI is InChI=1S/C30H56O6Si/c1-13-33-27(31)24(4)17-14-18-26(36-37(11,12)28(5,6)7)30(9)21-19-25(35-30)29(8,34-22-32-10)20-15-16-23(2)3/h16-17,25-26H,13-15,18-22H2,1-12H3/b24-17+/t25-,26+,29+,30-/m1/s1. The summed E-state index contributed by atoms with van der Waals surface area (Å²) in [6.07, 6.45) is 9.18. The van der Waals surface area contributed by atoms with Gasteiger partial charge in [0, 0.05) is 12.7 Å². The van der Waals surface area contributed by atoms with Crippen LogP contribution in [0, 0.1) is 0 Å². The number of ether oxygens (including phenoxy) is 4. The van der Waals surface area contributed by atoms with E-state index >= 15 is 0 Å². The quantitative estimate of drug-likeness (QED) is 0.0696. The van der Waals surface area contributed by atoms with Gasteiger partial charge in [-0.15, -0.1) is 0 Å². The molecular weight excluding hydrogens is 484 g/mol. The highest BCUT2D eigenvalue weighted by molar-refractivity contribution is 6.74. The highest BCUT2D eigenvalue weighted by atomic mass is 28.4. The average Bonchev–Trinajstić information content (AvgIpc) is 3.20. The fourth-order valence-electron chi connectivity index (χ4n) is 4.50. The molecule has 0 radical (unpaired) electrons. The maximum Gasteiger partial charge on any atom is 0.333 e. The Labute approximate surface area is 228 Å². The number of esters is 1. The topological polar surface area (TPSA) is 63.2 Å². The Kier molecular flexibility index (Phi) is 13.3. The second kappa shape index (κ2) is 14.4. The van der Waals surface area contributed by atoms with Gasteiger partial charge < -0.3 is 23.4 Å². The molecular formula is C30H56O6Si. The van der Waals surface area contributed by atoms with Crippen molar-refractivity contribution in [1.82, 2.24) is 0 Å². The highest BCUT2D eigenvalue weighted by Crippen LogP contribution is 2.45. The summed E-state index contributed by atoms with van der Waals surface area (Å²) in [4.78, 5) is 12.1. The molecule has 4 atom stereocenters. The minimum absolute atomic E-state index is 0.0551. The number of allylic oxidation sites excluding steroid dienone is 3. The van der Waals surface area contributed by atoms with Crippen LogP contribution in [0.4, 0.5) is 0 Å². The monoisotopic (exact) mass is 540 g/mol. The number of hydrogen-bond acceptors (Lipinski definition) is 6. The molecule has 1 saturated heterocycles. The second-order valence-electron chi connectivity index (χ2n) is 12.7. The van der Waals surface area contributed by atoms with Gasteiger partial charge in [0.1, 0.15) is 6.79 Å². The molecule has 1 aliphatic rings. The largest absolute Gasteiger partial charge is 0.463 e. The van der Waals surface area contributed by atoms with Crippen LogP contribution in [0.25, 0.3) is 0 Å². The normalized spacial score (nSPS) is 23.5. The molecule has 0 aromatic heterocycles. The van der Waals surface area contributed by atoms with Crippen molar-refractivity contribution in [3.8, 4) is 0 Å². The van der Waals surface area contributed by atoms with Crippen LogP contribution in [0.3, 0.4) is 0 Å². The van der Waals surface area contributed by atoms with Gasteiger partial charge >= 0.3 is 5.97 Å². The van der Waals surface area contributed by atoms with Crippen LogP contribution in [-0.2, 0) is 28.2 Å². The third-order valence-electron chi connectivity index (χ3n) is 8.10. The van der Waals surface area contributed by atoms with E-state index in [0.717, 1.165) is 38.5 Å². The maximum absolute atomic E-state index is 12.1. The van der Waals surface area contributed by atoms with E-state index in [-0.39, 0.29) is 30.0 Å². The van der Waals surface area contributed by atoms with Crippen molar-refractivity contribution in [2.45, 2.75) is 142 Å². The minimum Gasteiger partial charge on any atom is -0.463 e. The van der Waals surface area contributed by atoms with Crippen molar-refractivity contribution < 1.29 is 28.2 Å². The van der Waals surface area contributed by atoms with E-state index in [1.54, 1.807) is 7.11 Å². The van der Waals surface area contributed by atoms with Gasteiger partial charge in [0.2, 0.25) is 0 Å². The van der Waals surface area contributed by atoms with Gasteiger partial charge in [0.05, 0.1) is 30.0 Å². The van der Waals surface area contributed by atoms with Gasteiger partial charge in [-0.05, 0) is 98.2 Å². The lowest BCUT2D eigenvalue weighted by atomic mass is 9.88. The van der Waals surface area contributed by atoms with Crippen molar-refractivity contribution in [3.05, 3.63) is 23.3 Å². The van der Waals surface area contributed by atoms with Gasteiger partial charge in [-0.1, -0.05) is 38.5 Å². The summed E-state index contributed by atoms with van der Waals surface area (Å²) >= 11 is 0. The Morgan fingerprint density at radius 1 is 1.14 bits per heavy atom. The molecule has 0 bridgehead atoms. The van der Waals surface area contributed by atoms with E-state index in [0.29, 0.717) is 12.2 Å². The molecule has 1 aliphatic heterocycles. The fraction of sp³-hybridized carbons (Fsp3) is 0.833. The van der Waals surface area contributed by atoms with Crippen LogP contribution >= 0.6 is 0 Å². The molecule has 1 heterocycles. The predicted molar refractivity (Wildman–Crippen MR) is 154 cm³/mol. The number of rotatable bonds is 15. The molecule has 1 rings (SSSR count). The van der Waals surface area contributed by atoms with E-state index in [2.05, 4.69) is 67.6 Å². The zero-order valence-electron chi connectivity index (χ0n) is 25.9. The zero-order chi connectivity index (χ0) is 28.5. The molecule has 0 saturated carbocycles. The lowest BCUT2D eigenvalue weighted by molar-refractivity contribution is -0.204. The molecule has 0 N–H and O–H groups in total. The summed E-state index contributed by atoms with van der Waals surface area (Å²) in [7, 11) is -0.410. The Bertz CT molecular complexity index is 779. The van der Waals surface area contributed by atoms with Crippen molar-refractivity contribution in [1.29, 1.82) is 0 Å². The van der Waals surface area contributed by atoms with E-state index < -0.39 is 19.5 Å². The first-order valence-corrected chi connectivity index (χ1v) is 16.9. The molecule has 1 fully saturated rings. The summed E-state index contributed by atoms with van der Waals surface area (Å²) in [6.45, 7) is 24.2. The van der Waals surface area contributed by atoms with E-state index in [1.165, 1.54) is 5.57 Å². The Morgan fingerprint density at radius 2 is 1.78 bits per heavy atom. The van der Waals surface area contributed by atoms with Crippen molar-refractivity contribution in [2.24, 2.45) is 0 Å². The molecule has 0 unspecified atom stereocenters. The zero-order valence-corrected chi connectivity index (χ0v) is 26.9. The lowest BCUT2D eigenvalue weighted by Gasteiger charge is -2.45. The maximum atomic E-state index is 12.1. The smallest absolute Gasteiger partial charge is 0.333 e. The van der Waals surface area contributed by atoms with Crippen LogP contribution in [0.1, 0.15) is 101 Å². The van der Waals surface area contributed by atoms with Crippen LogP contribution < -0.4 is 0 Å². The summed E-state index contributed by atoms with van der Waals surface area (Å²) in [5.74, 6) is -0.254. The molecule has 6 nitrogen and oxygen atoms in total. The predicted octanol–water partition coefficient (Wildman–Crippen LogP) is 7.73. The van der Waals surface area contributed by atoms with Crippen molar-refractivity contribution in [3.63, 3.8) is 0 Å². The molecule has 0 spiro atoms. The Balaban J connectivity index is 3.18. The fourth-order valence-corrected chi connectivity index (χ4v) is 5.93. The third-order valence-corrected chi connectivity index (χ3v) is 12.6. The first-order chi connectivity index (χ1) is 17.0. The Hall–Kier alpha value is -0.993. The van der Waals surface area contributed by atoms with E-state index in [1.807, 2.05) is 19.9 Å². The van der Waals surface area contributed by atoms with E-state index in [9.17, 15) is 4.79 Å². The summed E-state index contributed by atoms with van der Waals surface area (Å²) in [5, 5.41) is 0.0801. The number of carbonyl (C=O) groups excluding carboxylic acids is 1. The van der Waals surface area contributed by atoms with Gasteiger partial charge in [-0.2, -0.15) is 0 Å². The average molecular weight is 541 g/mol. The molecule has 37 heavy (non-hydrogen) atoms. The van der Waals surface area contributed by atoms with Crippen LogP contribution in [0.5, 0.6) is 0 Å². The molecule has 0 aromatic carbocycles. The first kappa shape index (κ1) is 34.0. The number of carbonyl (C=O) groups is 1. The van der Waals surface area contributed by atoms with Crippen molar-refractivity contribution in [2.75, 3.05) is 20.5 Å². The SMILES string of the molecule is CCOC(=O)/C(C)=C/CC[C@H](O[Si](C)(C)C(C)(C)C)[C@@]1(C)CC[C@H]([C@](C)(CCC=C(C)C)OCOC)O1. The molecule has 0 aliphatic carbocycles. The number of methoxy groups -OCH3 is 1. The second-order valence-corrected chi connectivity index (χ2v) is 17.4. The summed E-state index contributed by atoms with van der Waals surface area (Å²) < 4.78 is 30.6. The van der Waals surface area contributed by atoms with Gasteiger partial charge in [0.25, 0.3) is 0 Å². The molecule has 0 aromatic rings. The Morgan fingerprint density at radius 3 is 2.32 bits per heavy atom. The first-order valence-electron chi connectivity index (χ1n) is 14.0. The van der Waals surface area contributed by atoms with Crippen LogP contribution in [0.2, 0.25) is 18.1 Å². The molecule has 216 valence electrons. The van der Waals surface area contributed by atoms with Crippen molar-refractivity contribution >= 4 is 14.3 Å². The summed E-state index contributed by atoms with van der Waals surface area (Å²) in [5.41, 5.74) is 1.05. The van der Waals surface area contributed by atoms with Crippen LogP contribution in [-0.4, -0.2) is 58.2 Å². The van der Waals surface area contributed by atoms with Gasteiger partial charge in [-0.25, -0.2) is 4.79 Å². The molecule has 0 amide bonds. The van der Waals surface area contributed by atoms with Crippen LogP contribution in [0.15, 0.2) is 23.3 Å². The van der Waals surface area contributed by atoms with Gasteiger partial charge in [0.15, 0.2) is 8.32 Å². The number of hydrogen-bond donors (Lipinski definition) is 0. The van der Waals surface area contributed by atoms with Gasteiger partial charge in [-0.3, -0.25) is 0 Å². The third kappa shape index (κ3) is 10.2. The minimum atomic E-state index is -2.07.